The Morgan fingerprint density at radius 1 is 1.69 bits per heavy atom. The van der Waals surface area contributed by atoms with E-state index in [1.54, 1.807) is 0 Å². The van der Waals surface area contributed by atoms with Gasteiger partial charge in [0.1, 0.15) is 12.1 Å². The molecule has 4 N–H and O–H groups in total. The number of benzene rings is 1. The maximum absolute atomic E-state index is 10.9. The van der Waals surface area contributed by atoms with Gasteiger partial charge in [-0.25, -0.2) is 0 Å². The van der Waals surface area contributed by atoms with Crippen LogP contribution >= 0.6 is 0 Å². The molecule has 1 heterocycles. The van der Waals surface area contributed by atoms with Gasteiger partial charge in [0.05, 0.1) is 5.69 Å². The highest BCUT2D eigenvalue weighted by molar-refractivity contribution is 5.78. The monoisotopic (exact) mass is 222 g/mol. The second-order valence-corrected chi connectivity index (χ2v) is 4.28. The molecule has 0 aliphatic carbocycles. The lowest BCUT2D eigenvalue weighted by Gasteiger charge is -2.19. The average Bonchev–Trinajstić information content (AvgIpc) is 2.63. The summed E-state index contributed by atoms with van der Waals surface area (Å²) in [7, 11) is 0. The topological polar surface area (TPSA) is 84.6 Å². The van der Waals surface area contributed by atoms with Gasteiger partial charge < -0.3 is 10.8 Å². The molecular weight excluding hydrogens is 208 g/mol. The van der Waals surface area contributed by atoms with Crippen LogP contribution in [0, 0.1) is 0 Å². The largest absolute Gasteiger partial charge is 0.480 e. The van der Waals surface area contributed by atoms with Crippen molar-refractivity contribution in [3.05, 3.63) is 29.3 Å². The van der Waals surface area contributed by atoms with E-state index in [2.05, 4.69) is 5.48 Å². The Labute approximate surface area is 93.2 Å². The molecule has 86 valence electrons. The van der Waals surface area contributed by atoms with Gasteiger partial charge in [-0.15, -0.1) is 0 Å². The third-order valence-corrected chi connectivity index (χ3v) is 2.64. The fourth-order valence-electron chi connectivity index (χ4n) is 1.67. The molecule has 1 unspecified atom stereocenters. The van der Waals surface area contributed by atoms with E-state index in [1.165, 1.54) is 6.92 Å². The minimum absolute atomic E-state index is 0.301. The van der Waals surface area contributed by atoms with Crippen LogP contribution in [0.25, 0.3) is 0 Å². The molecule has 0 saturated carbocycles. The first-order valence-corrected chi connectivity index (χ1v) is 5.01. The third-order valence-electron chi connectivity index (χ3n) is 2.64. The molecule has 0 radical (unpaired) electrons. The van der Waals surface area contributed by atoms with Crippen molar-refractivity contribution in [1.82, 2.24) is 0 Å². The predicted molar refractivity (Wildman–Crippen MR) is 58.8 cm³/mol. The van der Waals surface area contributed by atoms with Gasteiger partial charge in [0.15, 0.2) is 0 Å². The molecule has 0 aromatic heterocycles. The zero-order valence-corrected chi connectivity index (χ0v) is 8.99. The van der Waals surface area contributed by atoms with Crippen molar-refractivity contribution >= 4 is 11.7 Å². The maximum Gasteiger partial charge on any atom is 0.323 e. The average molecular weight is 222 g/mol. The number of aliphatic carboxylic acids is 1. The first-order chi connectivity index (χ1) is 7.49. The van der Waals surface area contributed by atoms with Crippen molar-refractivity contribution in [3.63, 3.8) is 0 Å². The van der Waals surface area contributed by atoms with Crippen LogP contribution < -0.4 is 11.2 Å². The summed E-state index contributed by atoms with van der Waals surface area (Å²) < 4.78 is 0. The molecule has 1 aliphatic heterocycles. The number of nitrogens with two attached hydrogens (primary N) is 1. The lowest BCUT2D eigenvalue weighted by atomic mass is 9.93. The normalized spacial score (nSPS) is 17.4. The van der Waals surface area contributed by atoms with Crippen LogP contribution in [0.3, 0.4) is 0 Å². The van der Waals surface area contributed by atoms with Gasteiger partial charge in [-0.1, -0.05) is 12.1 Å². The smallest absolute Gasteiger partial charge is 0.323 e. The number of nitrogens with one attached hydrogen (secondary N) is 1. The van der Waals surface area contributed by atoms with E-state index in [0.717, 1.165) is 16.8 Å². The highest BCUT2D eigenvalue weighted by Gasteiger charge is 2.28. The first kappa shape index (κ1) is 10.9. The summed E-state index contributed by atoms with van der Waals surface area (Å²) in [5.41, 5.74) is 10.1. The zero-order valence-electron chi connectivity index (χ0n) is 8.99. The van der Waals surface area contributed by atoms with E-state index in [4.69, 9.17) is 15.7 Å². The molecule has 5 nitrogen and oxygen atoms in total. The van der Waals surface area contributed by atoms with Crippen molar-refractivity contribution in [2.24, 2.45) is 5.73 Å². The van der Waals surface area contributed by atoms with Gasteiger partial charge in [-0.3, -0.25) is 15.1 Å². The molecular formula is C11H14N2O3. The molecule has 1 atom stereocenters. The zero-order chi connectivity index (χ0) is 11.8. The fraction of sp³-hybridized carbons (Fsp3) is 0.364. The Hall–Kier alpha value is -1.59. The van der Waals surface area contributed by atoms with Gasteiger partial charge >= 0.3 is 5.97 Å². The van der Waals surface area contributed by atoms with Crippen molar-refractivity contribution in [3.8, 4) is 0 Å². The minimum Gasteiger partial charge on any atom is -0.480 e. The van der Waals surface area contributed by atoms with Gasteiger partial charge in [0, 0.05) is 12.0 Å². The van der Waals surface area contributed by atoms with Crippen molar-refractivity contribution < 1.29 is 14.7 Å². The van der Waals surface area contributed by atoms with Gasteiger partial charge in [-0.2, -0.15) is 0 Å². The number of anilines is 1. The molecule has 1 aliphatic rings. The van der Waals surface area contributed by atoms with E-state index >= 15 is 0 Å². The molecule has 1 aromatic carbocycles. The van der Waals surface area contributed by atoms with Gasteiger partial charge in [0.2, 0.25) is 0 Å². The van der Waals surface area contributed by atoms with E-state index < -0.39 is 11.5 Å². The molecule has 5 heteroatoms. The summed E-state index contributed by atoms with van der Waals surface area (Å²) in [4.78, 5) is 15.9. The summed E-state index contributed by atoms with van der Waals surface area (Å²) in [5, 5.41) is 8.93. The summed E-state index contributed by atoms with van der Waals surface area (Å²) in [6.45, 7) is 2.01. The van der Waals surface area contributed by atoms with Crippen LogP contribution in [0.4, 0.5) is 5.69 Å². The number of hydrogen-bond donors (Lipinski definition) is 3. The first-order valence-electron chi connectivity index (χ1n) is 5.01. The molecule has 0 fully saturated rings. The van der Waals surface area contributed by atoms with Gasteiger partial charge in [-0.05, 0) is 18.6 Å². The van der Waals surface area contributed by atoms with Crippen molar-refractivity contribution in [1.29, 1.82) is 0 Å². The van der Waals surface area contributed by atoms with Crippen molar-refractivity contribution in [2.45, 2.75) is 25.5 Å². The van der Waals surface area contributed by atoms with Crippen molar-refractivity contribution in [2.75, 3.05) is 5.48 Å². The maximum atomic E-state index is 10.9. The Balaban J connectivity index is 2.20. The summed E-state index contributed by atoms with van der Waals surface area (Å²) in [6, 6.07) is 5.65. The van der Waals surface area contributed by atoms with E-state index in [9.17, 15) is 4.79 Å². The second-order valence-electron chi connectivity index (χ2n) is 4.28. The number of fused-ring (bicyclic) bond motifs is 1. The SMILES string of the molecule is CC(N)(Cc1ccc2c(c1)CON2)C(=O)O. The molecule has 1 aromatic rings. The summed E-state index contributed by atoms with van der Waals surface area (Å²) >= 11 is 0. The van der Waals surface area contributed by atoms with Crippen LogP contribution in [0.2, 0.25) is 0 Å². The Morgan fingerprint density at radius 2 is 2.44 bits per heavy atom. The number of rotatable bonds is 3. The van der Waals surface area contributed by atoms with Crippen LogP contribution in [0.5, 0.6) is 0 Å². The fourth-order valence-corrected chi connectivity index (χ4v) is 1.67. The highest BCUT2D eigenvalue weighted by atomic mass is 16.6. The van der Waals surface area contributed by atoms with Crippen LogP contribution in [-0.2, 0) is 22.7 Å². The van der Waals surface area contributed by atoms with E-state index in [-0.39, 0.29) is 0 Å². The number of carboxylic acid groups (broad SMARTS) is 1. The molecule has 0 saturated heterocycles. The lowest BCUT2D eigenvalue weighted by molar-refractivity contribution is -0.142. The van der Waals surface area contributed by atoms with E-state index in [1.807, 2.05) is 18.2 Å². The number of hydrogen-bond acceptors (Lipinski definition) is 4. The van der Waals surface area contributed by atoms with Crippen LogP contribution in [0.1, 0.15) is 18.1 Å². The summed E-state index contributed by atoms with van der Waals surface area (Å²) in [6.07, 6.45) is 0.301. The molecule has 0 amide bonds. The van der Waals surface area contributed by atoms with E-state index in [0.29, 0.717) is 13.0 Å². The number of carbonyl (C=O) groups is 1. The van der Waals surface area contributed by atoms with Crippen LogP contribution in [0.15, 0.2) is 18.2 Å². The standard InChI is InChI=1S/C11H14N2O3/c1-11(12,10(14)15)5-7-2-3-9-8(4-7)6-16-13-9/h2-4,13H,5-6,12H2,1H3,(H,14,15). The Kier molecular flexibility index (Phi) is 2.57. The Morgan fingerprint density at radius 3 is 3.12 bits per heavy atom. The second kappa shape index (κ2) is 3.77. The Bertz CT molecular complexity index is 429. The lowest BCUT2D eigenvalue weighted by Crippen LogP contribution is -2.46. The minimum atomic E-state index is -1.23. The molecule has 2 rings (SSSR count). The third kappa shape index (κ3) is 2.00. The summed E-state index contributed by atoms with van der Waals surface area (Å²) in [5.74, 6) is -0.998. The quantitative estimate of drug-likeness (QED) is 0.707. The number of carboxylic acids is 1. The van der Waals surface area contributed by atoms with Gasteiger partial charge in [0.25, 0.3) is 0 Å². The van der Waals surface area contributed by atoms with Crippen LogP contribution in [-0.4, -0.2) is 16.6 Å². The highest BCUT2D eigenvalue weighted by Crippen LogP contribution is 2.25. The molecule has 0 spiro atoms. The molecule has 16 heavy (non-hydrogen) atoms. The predicted octanol–water partition coefficient (Wildman–Crippen LogP) is 0.888. The molecule has 0 bridgehead atoms.